The van der Waals surface area contributed by atoms with E-state index in [2.05, 4.69) is 10.6 Å². The lowest BCUT2D eigenvalue weighted by Gasteiger charge is -2.28. The van der Waals surface area contributed by atoms with Crippen LogP contribution >= 0.6 is 0 Å². The van der Waals surface area contributed by atoms with Gasteiger partial charge in [-0.05, 0) is 59.7 Å². The van der Waals surface area contributed by atoms with E-state index in [1.54, 1.807) is 0 Å². The fraction of sp³-hybridized carbons (Fsp3) is 0. The number of amides is 4. The molecule has 0 bridgehead atoms. The zero-order valence-electron chi connectivity index (χ0n) is 17.9. The summed E-state index contributed by atoms with van der Waals surface area (Å²) in [7, 11) is 0. The third-order valence-corrected chi connectivity index (χ3v) is 6.28. The third-order valence-electron chi connectivity index (χ3n) is 6.28. The van der Waals surface area contributed by atoms with Crippen molar-refractivity contribution in [1.82, 2.24) is 10.6 Å². The molecule has 172 valence electrons. The number of benzene rings is 2. The van der Waals surface area contributed by atoms with Crippen LogP contribution in [0.4, 0.5) is 0 Å². The van der Waals surface area contributed by atoms with Crippen LogP contribution in [0.3, 0.4) is 0 Å². The van der Waals surface area contributed by atoms with Crippen molar-refractivity contribution in [2.75, 3.05) is 0 Å². The topological polar surface area (TPSA) is 161 Å². The third kappa shape index (κ3) is 2.78. The molecule has 0 saturated heterocycles. The summed E-state index contributed by atoms with van der Waals surface area (Å²) in [5.41, 5.74) is -1.12. The molecule has 0 radical (unpaired) electrons. The second kappa shape index (κ2) is 7.06. The minimum absolute atomic E-state index is 0.0688. The maximum atomic E-state index is 13.0. The second-order valence-electron chi connectivity index (χ2n) is 8.33. The lowest BCUT2D eigenvalue weighted by molar-refractivity contribution is -0.113. The van der Waals surface area contributed by atoms with Crippen molar-refractivity contribution in [3.8, 4) is 0 Å². The van der Waals surface area contributed by atoms with Gasteiger partial charge in [0.15, 0.2) is 23.1 Å². The Balaban J connectivity index is 1.81. The number of carbonyl (C=O) groups excluding carboxylic acids is 8. The molecule has 2 N–H and O–H groups in total. The van der Waals surface area contributed by atoms with Crippen molar-refractivity contribution < 1.29 is 38.4 Å². The summed E-state index contributed by atoms with van der Waals surface area (Å²) in [4.78, 5) is 101. The van der Waals surface area contributed by atoms with E-state index < -0.39 is 46.8 Å². The molecular weight excluding hydrogens is 468 g/mol. The molecule has 10 nitrogen and oxygen atoms in total. The molecule has 4 aliphatic rings. The van der Waals surface area contributed by atoms with Gasteiger partial charge in [0.25, 0.3) is 23.6 Å². The van der Waals surface area contributed by atoms with Crippen LogP contribution < -0.4 is 10.6 Å². The first-order chi connectivity index (χ1) is 17.2. The molecular formula is C26H10N2O8. The van der Waals surface area contributed by atoms with Gasteiger partial charge in [-0.2, -0.15) is 0 Å². The second-order valence-corrected chi connectivity index (χ2v) is 8.33. The van der Waals surface area contributed by atoms with E-state index in [1.165, 1.54) is 12.1 Å². The predicted octanol–water partition coefficient (Wildman–Crippen LogP) is 0.790. The number of allylic oxidation sites excluding steroid dienone is 8. The molecule has 2 aliphatic carbocycles. The Bertz CT molecular complexity index is 1630. The van der Waals surface area contributed by atoms with Crippen molar-refractivity contribution in [3.63, 3.8) is 0 Å². The molecule has 2 aliphatic heterocycles. The average molecular weight is 478 g/mol. The highest BCUT2D eigenvalue weighted by molar-refractivity contribution is 6.42. The molecule has 36 heavy (non-hydrogen) atoms. The SMILES string of the molecule is O=C1C=CC(=O)C(c2cc3c4c(c(C5=CC(=O)C=CC5=O)cc5c4c2C(=O)NC5=O)C(=O)NC3=O)=C1. The molecule has 6 rings (SSSR count). The molecule has 0 spiro atoms. The predicted molar refractivity (Wildman–Crippen MR) is 122 cm³/mol. The monoisotopic (exact) mass is 478 g/mol. The first-order valence-electron chi connectivity index (χ1n) is 10.5. The highest BCUT2D eigenvalue weighted by atomic mass is 16.2. The normalized spacial score (nSPS) is 18.4. The van der Waals surface area contributed by atoms with Crippen LogP contribution in [0, 0.1) is 0 Å². The lowest BCUT2D eigenvalue weighted by Crippen LogP contribution is -2.40. The summed E-state index contributed by atoms with van der Waals surface area (Å²) in [6, 6.07) is 2.40. The summed E-state index contributed by atoms with van der Waals surface area (Å²) < 4.78 is 0. The number of ketones is 4. The molecule has 10 heteroatoms. The average Bonchev–Trinajstić information content (AvgIpc) is 2.83. The number of rotatable bonds is 2. The molecule has 0 fully saturated rings. The molecule has 0 aromatic heterocycles. The largest absolute Gasteiger partial charge is 0.290 e. The molecule has 2 aromatic rings. The van der Waals surface area contributed by atoms with Gasteiger partial charge in [0, 0.05) is 33.0 Å². The van der Waals surface area contributed by atoms with Gasteiger partial charge in [0.1, 0.15) is 0 Å². The van der Waals surface area contributed by atoms with Crippen LogP contribution in [0.5, 0.6) is 0 Å². The fourth-order valence-electron chi connectivity index (χ4n) is 4.80. The number of hydrogen-bond acceptors (Lipinski definition) is 8. The summed E-state index contributed by atoms with van der Waals surface area (Å²) >= 11 is 0. The molecule has 2 aromatic carbocycles. The van der Waals surface area contributed by atoms with Crippen molar-refractivity contribution in [3.05, 3.63) is 82.0 Å². The van der Waals surface area contributed by atoms with Crippen LogP contribution in [0.25, 0.3) is 21.9 Å². The Hall–Kier alpha value is -5.38. The minimum atomic E-state index is -0.895. The van der Waals surface area contributed by atoms with Gasteiger partial charge in [0.2, 0.25) is 0 Å². The number of hydrogen-bond donors (Lipinski definition) is 2. The standard InChI is InChI=1S/C26H10N2O8/c29-9-1-3-17(31)11(5-9)13-7-15-20-19-16(24(34)27-25(35)21(13)19)8-14(22(20)26(36)28-23(15)33)12-6-10(30)2-4-18(12)32/h1-8H,(H,27,34,35)(H,28,33,36). The fourth-order valence-corrected chi connectivity index (χ4v) is 4.80. The highest BCUT2D eigenvalue weighted by Gasteiger charge is 2.39. The Morgan fingerprint density at radius 1 is 0.444 bits per heavy atom. The van der Waals surface area contributed by atoms with E-state index in [4.69, 9.17) is 0 Å². The highest BCUT2D eigenvalue weighted by Crippen LogP contribution is 2.42. The van der Waals surface area contributed by atoms with E-state index in [0.29, 0.717) is 0 Å². The zero-order valence-corrected chi connectivity index (χ0v) is 17.9. The Labute approximate surface area is 200 Å². The van der Waals surface area contributed by atoms with E-state index >= 15 is 0 Å². The van der Waals surface area contributed by atoms with E-state index in [0.717, 1.165) is 36.5 Å². The quantitative estimate of drug-likeness (QED) is 0.473. The van der Waals surface area contributed by atoms with Crippen molar-refractivity contribution in [1.29, 1.82) is 0 Å². The molecule has 0 unspecified atom stereocenters. The van der Waals surface area contributed by atoms with Gasteiger partial charge in [0.05, 0.1) is 11.1 Å². The van der Waals surface area contributed by atoms with Crippen LogP contribution in [0.2, 0.25) is 0 Å². The number of imide groups is 2. The van der Waals surface area contributed by atoms with E-state index in [9.17, 15) is 38.4 Å². The van der Waals surface area contributed by atoms with Gasteiger partial charge in [-0.25, -0.2) is 0 Å². The van der Waals surface area contributed by atoms with Crippen LogP contribution in [-0.2, 0) is 19.2 Å². The van der Waals surface area contributed by atoms with Gasteiger partial charge < -0.3 is 0 Å². The van der Waals surface area contributed by atoms with Crippen molar-refractivity contribution in [2.24, 2.45) is 0 Å². The maximum Gasteiger partial charge on any atom is 0.259 e. The summed E-state index contributed by atoms with van der Waals surface area (Å²) in [6.07, 6.45) is 6.19. The molecule has 2 heterocycles. The van der Waals surface area contributed by atoms with E-state index in [1.807, 2.05) is 0 Å². The van der Waals surface area contributed by atoms with Crippen LogP contribution in [0.15, 0.2) is 48.6 Å². The summed E-state index contributed by atoms with van der Waals surface area (Å²) in [6.45, 7) is 0. The Kier molecular flexibility index (Phi) is 4.15. The minimum Gasteiger partial charge on any atom is -0.290 e. The number of carbonyl (C=O) groups is 8. The Morgan fingerprint density at radius 3 is 1.22 bits per heavy atom. The van der Waals surface area contributed by atoms with Crippen molar-refractivity contribution in [2.45, 2.75) is 0 Å². The molecule has 4 amide bonds. The van der Waals surface area contributed by atoms with Gasteiger partial charge in [-0.3, -0.25) is 49.0 Å². The smallest absolute Gasteiger partial charge is 0.259 e. The number of nitrogens with one attached hydrogen (secondary N) is 2. The van der Waals surface area contributed by atoms with Gasteiger partial charge >= 0.3 is 0 Å². The Morgan fingerprint density at radius 2 is 0.833 bits per heavy atom. The summed E-state index contributed by atoms with van der Waals surface area (Å²) in [5, 5.41) is 4.18. The lowest BCUT2D eigenvalue weighted by atomic mass is 9.78. The summed E-state index contributed by atoms with van der Waals surface area (Å²) in [5.74, 6) is -5.77. The first kappa shape index (κ1) is 21.2. The maximum absolute atomic E-state index is 13.0. The van der Waals surface area contributed by atoms with Crippen LogP contribution in [0.1, 0.15) is 52.6 Å². The zero-order chi connectivity index (χ0) is 25.5. The first-order valence-corrected chi connectivity index (χ1v) is 10.5. The van der Waals surface area contributed by atoms with Gasteiger partial charge in [-0.15, -0.1) is 0 Å². The van der Waals surface area contributed by atoms with E-state index in [-0.39, 0.29) is 55.3 Å². The van der Waals surface area contributed by atoms with Crippen molar-refractivity contribution >= 4 is 68.7 Å². The van der Waals surface area contributed by atoms with Gasteiger partial charge in [-0.1, -0.05) is 0 Å². The molecule has 0 atom stereocenters. The van der Waals surface area contributed by atoms with Crippen LogP contribution in [-0.4, -0.2) is 46.8 Å². The molecule has 0 saturated carbocycles.